The number of aromatic nitrogens is 2. The number of unbranched alkanes of at least 4 members (excludes halogenated alkanes) is 7. The maximum absolute atomic E-state index is 4.33. The van der Waals surface area contributed by atoms with E-state index in [1.807, 2.05) is 12.4 Å². The van der Waals surface area contributed by atoms with Crippen molar-refractivity contribution in [3.63, 3.8) is 0 Å². The van der Waals surface area contributed by atoms with Crippen LogP contribution < -0.4 is 0 Å². The van der Waals surface area contributed by atoms with E-state index < -0.39 is 0 Å². The average molecular weight is 383 g/mol. The molecule has 0 bridgehead atoms. The number of aryl methyl sites for hydroxylation is 2. The van der Waals surface area contributed by atoms with Gasteiger partial charge < -0.3 is 4.98 Å². The maximum Gasteiger partial charge on any atom is 0.105 e. The molecule has 0 radical (unpaired) electrons. The van der Waals surface area contributed by atoms with Crippen LogP contribution >= 0.6 is 0 Å². The Bertz CT molecular complexity index is 585. The fraction of sp³-hybridized carbons (Fsp3) is 0.654. The third-order valence-corrected chi connectivity index (χ3v) is 5.95. The van der Waals surface area contributed by atoms with E-state index in [1.54, 1.807) is 5.56 Å². The van der Waals surface area contributed by atoms with Crippen LogP contribution in [-0.4, -0.2) is 9.97 Å². The number of benzene rings is 1. The Morgan fingerprint density at radius 3 is 2.14 bits per heavy atom. The molecular formula is C26H42N2. The summed E-state index contributed by atoms with van der Waals surface area (Å²) in [7, 11) is 0. The number of aromatic amines is 1. The van der Waals surface area contributed by atoms with E-state index in [0.29, 0.717) is 0 Å². The quantitative estimate of drug-likeness (QED) is 0.293. The first kappa shape index (κ1) is 22.7. The Morgan fingerprint density at radius 2 is 1.43 bits per heavy atom. The van der Waals surface area contributed by atoms with Gasteiger partial charge in [-0.1, -0.05) is 89.5 Å². The molecule has 0 aliphatic heterocycles. The van der Waals surface area contributed by atoms with Crippen LogP contribution in [-0.2, 0) is 12.8 Å². The second-order valence-corrected chi connectivity index (χ2v) is 8.38. The monoisotopic (exact) mass is 382 g/mol. The van der Waals surface area contributed by atoms with Crippen LogP contribution in [0.1, 0.15) is 114 Å². The number of imidazole rings is 1. The van der Waals surface area contributed by atoms with E-state index in [-0.39, 0.29) is 0 Å². The summed E-state index contributed by atoms with van der Waals surface area (Å²) in [6.45, 7) is 4.59. The smallest absolute Gasteiger partial charge is 0.105 e. The molecule has 0 saturated carbocycles. The average Bonchev–Trinajstić information content (AvgIpc) is 3.24. The Kier molecular flexibility index (Phi) is 11.7. The molecule has 2 heteroatoms. The molecule has 2 aromatic rings. The van der Waals surface area contributed by atoms with Crippen molar-refractivity contribution < 1.29 is 0 Å². The van der Waals surface area contributed by atoms with Gasteiger partial charge in [-0.3, -0.25) is 0 Å². The van der Waals surface area contributed by atoms with E-state index >= 15 is 0 Å². The summed E-state index contributed by atoms with van der Waals surface area (Å²) in [5.74, 6) is 1.87. The third-order valence-electron chi connectivity index (χ3n) is 5.95. The first-order chi connectivity index (χ1) is 13.8. The summed E-state index contributed by atoms with van der Waals surface area (Å²) < 4.78 is 0. The highest BCUT2D eigenvalue weighted by Crippen LogP contribution is 2.28. The lowest BCUT2D eigenvalue weighted by molar-refractivity contribution is 0.509. The first-order valence-corrected chi connectivity index (χ1v) is 11.9. The SMILES string of the molecule is CCCCCCCc1ccc(C(CCCC)CCCCCc2ncc[nH]2)cc1. The number of hydrogen-bond acceptors (Lipinski definition) is 1. The van der Waals surface area contributed by atoms with Gasteiger partial charge in [-0.15, -0.1) is 0 Å². The molecule has 2 rings (SSSR count). The highest BCUT2D eigenvalue weighted by atomic mass is 14.9. The Labute approximate surface area is 173 Å². The van der Waals surface area contributed by atoms with Crippen LogP contribution in [0, 0.1) is 0 Å². The Balaban J connectivity index is 1.73. The number of nitrogens with one attached hydrogen (secondary N) is 1. The van der Waals surface area contributed by atoms with Crippen molar-refractivity contribution in [3.05, 3.63) is 53.6 Å². The van der Waals surface area contributed by atoms with Gasteiger partial charge in [0.2, 0.25) is 0 Å². The van der Waals surface area contributed by atoms with Gasteiger partial charge in [0.1, 0.15) is 5.82 Å². The van der Waals surface area contributed by atoms with Crippen molar-refractivity contribution in [1.82, 2.24) is 9.97 Å². The van der Waals surface area contributed by atoms with E-state index in [0.717, 1.165) is 18.2 Å². The van der Waals surface area contributed by atoms with Crippen molar-refractivity contribution in [2.24, 2.45) is 0 Å². The lowest BCUT2D eigenvalue weighted by Gasteiger charge is -2.18. The summed E-state index contributed by atoms with van der Waals surface area (Å²) in [6.07, 6.45) is 22.1. The molecule has 0 aliphatic rings. The largest absolute Gasteiger partial charge is 0.349 e. The van der Waals surface area contributed by atoms with Gasteiger partial charge in [-0.2, -0.15) is 0 Å². The summed E-state index contributed by atoms with van der Waals surface area (Å²) in [6, 6.07) is 9.63. The van der Waals surface area contributed by atoms with Gasteiger partial charge in [0.25, 0.3) is 0 Å². The van der Waals surface area contributed by atoms with Gasteiger partial charge >= 0.3 is 0 Å². The summed E-state index contributed by atoms with van der Waals surface area (Å²) >= 11 is 0. The number of H-pyrrole nitrogens is 1. The standard InChI is InChI=1S/C26H42N2/c1-3-5-7-8-10-13-23-17-19-25(20-18-23)24(14-6-4-2)15-11-9-12-16-26-27-21-22-28-26/h17-22,24H,3-16H2,1-2H3,(H,27,28). The Hall–Kier alpha value is -1.57. The van der Waals surface area contributed by atoms with Crippen molar-refractivity contribution in [2.75, 3.05) is 0 Å². The molecule has 1 heterocycles. The van der Waals surface area contributed by atoms with E-state index in [4.69, 9.17) is 0 Å². The van der Waals surface area contributed by atoms with Gasteiger partial charge in [0, 0.05) is 18.8 Å². The molecule has 0 amide bonds. The normalized spacial score (nSPS) is 12.4. The van der Waals surface area contributed by atoms with Gasteiger partial charge in [-0.25, -0.2) is 4.98 Å². The van der Waals surface area contributed by atoms with E-state index in [1.165, 1.54) is 89.0 Å². The van der Waals surface area contributed by atoms with Crippen LogP contribution in [0.2, 0.25) is 0 Å². The zero-order valence-corrected chi connectivity index (χ0v) is 18.4. The number of hydrogen-bond donors (Lipinski definition) is 1. The van der Waals surface area contributed by atoms with Crippen LogP contribution in [0.5, 0.6) is 0 Å². The minimum atomic E-state index is 0.738. The topological polar surface area (TPSA) is 28.7 Å². The summed E-state index contributed by atoms with van der Waals surface area (Å²) in [4.78, 5) is 7.53. The molecule has 0 saturated heterocycles. The molecular weight excluding hydrogens is 340 g/mol. The number of nitrogens with zero attached hydrogens (tertiary/aromatic N) is 1. The first-order valence-electron chi connectivity index (χ1n) is 11.9. The predicted octanol–water partition coefficient (Wildman–Crippen LogP) is 8.00. The summed E-state index contributed by atoms with van der Waals surface area (Å²) in [5.41, 5.74) is 3.09. The second kappa shape index (κ2) is 14.4. The molecule has 1 unspecified atom stereocenters. The van der Waals surface area contributed by atoms with Crippen LogP contribution in [0.25, 0.3) is 0 Å². The second-order valence-electron chi connectivity index (χ2n) is 8.38. The minimum Gasteiger partial charge on any atom is -0.349 e. The summed E-state index contributed by atoms with van der Waals surface area (Å²) in [5, 5.41) is 0. The lowest BCUT2D eigenvalue weighted by Crippen LogP contribution is -2.00. The molecule has 1 atom stereocenters. The van der Waals surface area contributed by atoms with Crippen molar-refractivity contribution in [1.29, 1.82) is 0 Å². The lowest BCUT2D eigenvalue weighted by atomic mass is 9.88. The molecule has 1 N–H and O–H groups in total. The zero-order valence-electron chi connectivity index (χ0n) is 18.4. The predicted molar refractivity (Wildman–Crippen MR) is 122 cm³/mol. The van der Waals surface area contributed by atoms with E-state index in [9.17, 15) is 0 Å². The highest BCUT2D eigenvalue weighted by molar-refractivity contribution is 5.25. The van der Waals surface area contributed by atoms with E-state index in [2.05, 4.69) is 48.1 Å². The number of rotatable bonds is 16. The fourth-order valence-electron chi connectivity index (χ4n) is 4.11. The van der Waals surface area contributed by atoms with Crippen molar-refractivity contribution in [2.45, 2.75) is 110 Å². The minimum absolute atomic E-state index is 0.738. The van der Waals surface area contributed by atoms with Crippen LogP contribution in [0.15, 0.2) is 36.7 Å². The molecule has 156 valence electrons. The fourth-order valence-corrected chi connectivity index (χ4v) is 4.11. The van der Waals surface area contributed by atoms with Crippen molar-refractivity contribution >= 4 is 0 Å². The Morgan fingerprint density at radius 1 is 0.750 bits per heavy atom. The van der Waals surface area contributed by atoms with Crippen molar-refractivity contribution in [3.8, 4) is 0 Å². The zero-order chi connectivity index (χ0) is 19.9. The maximum atomic E-state index is 4.33. The molecule has 2 nitrogen and oxygen atoms in total. The third kappa shape index (κ3) is 9.08. The van der Waals surface area contributed by atoms with Gasteiger partial charge in [0.15, 0.2) is 0 Å². The molecule has 28 heavy (non-hydrogen) atoms. The molecule has 1 aromatic heterocycles. The van der Waals surface area contributed by atoms with Gasteiger partial charge in [0.05, 0.1) is 0 Å². The molecule has 0 aliphatic carbocycles. The van der Waals surface area contributed by atoms with Gasteiger partial charge in [-0.05, 0) is 49.1 Å². The molecule has 1 aromatic carbocycles. The highest BCUT2D eigenvalue weighted by Gasteiger charge is 2.11. The van der Waals surface area contributed by atoms with Crippen LogP contribution in [0.3, 0.4) is 0 Å². The molecule has 0 spiro atoms. The molecule has 0 fully saturated rings. The van der Waals surface area contributed by atoms with Crippen LogP contribution in [0.4, 0.5) is 0 Å².